The summed E-state index contributed by atoms with van der Waals surface area (Å²) in [6.45, 7) is 0. The molecule has 0 aliphatic carbocycles. The van der Waals surface area contributed by atoms with Crippen LogP contribution in [0.15, 0.2) is 65.9 Å². The fraction of sp³-hybridized carbons (Fsp3) is 0.0476. The van der Waals surface area contributed by atoms with Crippen LogP contribution in [0, 0.1) is 0 Å². The van der Waals surface area contributed by atoms with Crippen molar-refractivity contribution in [3.05, 3.63) is 76.9 Å². The van der Waals surface area contributed by atoms with E-state index in [9.17, 15) is 9.59 Å². The second-order valence-electron chi connectivity index (χ2n) is 6.21. The molecule has 0 bridgehead atoms. The summed E-state index contributed by atoms with van der Waals surface area (Å²) in [5, 5.41) is 14.9. The van der Waals surface area contributed by atoms with Gasteiger partial charge in [-0.25, -0.2) is 4.98 Å². The normalized spacial score (nSPS) is 11.0. The predicted molar refractivity (Wildman–Crippen MR) is 117 cm³/mol. The number of ether oxygens (including phenoxy) is 1. The maximum absolute atomic E-state index is 12.8. The first kappa shape index (κ1) is 21.6. The number of amides is 2. The lowest BCUT2D eigenvalue weighted by molar-refractivity contribution is -0.106. The van der Waals surface area contributed by atoms with Gasteiger partial charge >= 0.3 is 0 Å². The largest absolute Gasteiger partial charge is 0.497 e. The molecule has 0 aliphatic rings. The smallest absolute Gasteiger partial charge is 0.255 e. The van der Waals surface area contributed by atoms with Gasteiger partial charge in [-0.15, -0.1) is 0 Å². The van der Waals surface area contributed by atoms with Crippen molar-refractivity contribution < 1.29 is 19.5 Å². The third-order valence-corrected chi connectivity index (χ3v) is 4.55. The Morgan fingerprint density at radius 2 is 1.90 bits per heavy atom. The number of aromatic nitrogens is 1. The van der Waals surface area contributed by atoms with Crippen LogP contribution < -0.4 is 20.7 Å². The van der Waals surface area contributed by atoms with Crippen molar-refractivity contribution in [2.45, 2.75) is 0 Å². The summed E-state index contributed by atoms with van der Waals surface area (Å²) in [5.41, 5.74) is 7.04. The minimum atomic E-state index is -0.424. The van der Waals surface area contributed by atoms with Crippen molar-refractivity contribution >= 4 is 46.9 Å². The highest BCUT2D eigenvalue weighted by Gasteiger charge is 2.18. The zero-order chi connectivity index (χ0) is 22.4. The molecule has 0 atom stereocenters. The Morgan fingerprint density at radius 3 is 2.48 bits per heavy atom. The number of oxime groups is 1. The number of nitrogens with one attached hydrogen (secondary N) is 1. The van der Waals surface area contributed by atoms with Crippen LogP contribution in [-0.2, 0) is 4.79 Å². The van der Waals surface area contributed by atoms with Crippen LogP contribution in [0.3, 0.4) is 0 Å². The summed E-state index contributed by atoms with van der Waals surface area (Å²) in [6, 6.07) is 14.2. The molecule has 158 valence electrons. The van der Waals surface area contributed by atoms with E-state index < -0.39 is 5.91 Å². The van der Waals surface area contributed by atoms with Crippen LogP contribution >= 0.6 is 11.6 Å². The molecule has 3 rings (SSSR count). The Hall–Kier alpha value is -4.11. The number of carbonyl (C=O) groups is 2. The first-order valence-corrected chi connectivity index (χ1v) is 9.28. The molecule has 0 spiro atoms. The molecule has 9 nitrogen and oxygen atoms in total. The summed E-state index contributed by atoms with van der Waals surface area (Å²) in [5.74, 6) is 0.303. The number of methoxy groups -OCH3 is 1. The summed E-state index contributed by atoms with van der Waals surface area (Å²) >= 11 is 5.89. The van der Waals surface area contributed by atoms with E-state index in [4.69, 9.17) is 27.3 Å². The topological polar surface area (TPSA) is 130 Å². The maximum Gasteiger partial charge on any atom is 0.255 e. The molecule has 1 aromatic heterocycles. The number of benzene rings is 2. The van der Waals surface area contributed by atoms with Crippen LogP contribution in [0.4, 0.5) is 17.2 Å². The van der Waals surface area contributed by atoms with E-state index in [0.717, 1.165) is 0 Å². The number of halogens is 1. The molecule has 0 aliphatic heterocycles. The lowest BCUT2D eigenvalue weighted by atomic mass is 10.1. The van der Waals surface area contributed by atoms with Gasteiger partial charge in [-0.2, -0.15) is 0 Å². The Balaban J connectivity index is 1.94. The number of nitrogens with two attached hydrogens (primary N) is 1. The van der Waals surface area contributed by atoms with Gasteiger partial charge in [0.1, 0.15) is 11.6 Å². The van der Waals surface area contributed by atoms with Crippen molar-refractivity contribution in [2.24, 2.45) is 10.9 Å². The summed E-state index contributed by atoms with van der Waals surface area (Å²) in [7, 11) is 1.49. The second-order valence-corrected chi connectivity index (χ2v) is 6.65. The van der Waals surface area contributed by atoms with Gasteiger partial charge in [0.2, 0.25) is 6.41 Å². The van der Waals surface area contributed by atoms with E-state index in [0.29, 0.717) is 45.5 Å². The zero-order valence-electron chi connectivity index (χ0n) is 16.3. The van der Waals surface area contributed by atoms with Crippen LogP contribution in [0.5, 0.6) is 5.75 Å². The Morgan fingerprint density at radius 1 is 1.19 bits per heavy atom. The highest BCUT2D eigenvalue weighted by Crippen LogP contribution is 2.34. The highest BCUT2D eigenvalue weighted by molar-refractivity contribution is 6.30. The van der Waals surface area contributed by atoms with Gasteiger partial charge in [0.25, 0.3) is 5.91 Å². The summed E-state index contributed by atoms with van der Waals surface area (Å²) < 4.78 is 5.26. The van der Waals surface area contributed by atoms with Gasteiger partial charge < -0.3 is 21.0 Å². The van der Waals surface area contributed by atoms with E-state index in [1.165, 1.54) is 30.3 Å². The number of hydrogen-bond acceptors (Lipinski definition) is 6. The molecular weight excluding hydrogens is 422 g/mol. The predicted octanol–water partition coefficient (Wildman–Crippen LogP) is 3.38. The molecule has 0 unspecified atom stereocenters. The lowest BCUT2D eigenvalue weighted by Gasteiger charge is -2.21. The number of anilines is 3. The Labute approximate surface area is 182 Å². The summed E-state index contributed by atoms with van der Waals surface area (Å²) in [6.07, 6.45) is 1.99. The summed E-state index contributed by atoms with van der Waals surface area (Å²) in [4.78, 5) is 30.1. The van der Waals surface area contributed by atoms with Gasteiger partial charge in [0.15, 0.2) is 5.84 Å². The van der Waals surface area contributed by atoms with Gasteiger partial charge in [0, 0.05) is 23.4 Å². The highest BCUT2D eigenvalue weighted by atomic mass is 35.5. The van der Waals surface area contributed by atoms with Gasteiger partial charge in [-0.05, 0) is 36.4 Å². The molecule has 0 saturated carbocycles. The number of carbonyl (C=O) groups excluding carboxylic acids is 2. The fourth-order valence-electron chi connectivity index (χ4n) is 2.73. The molecule has 2 amide bonds. The number of nitrogens with zero attached hydrogens (tertiary/aromatic N) is 3. The van der Waals surface area contributed by atoms with Crippen molar-refractivity contribution in [2.75, 3.05) is 17.3 Å². The molecule has 0 saturated heterocycles. The van der Waals surface area contributed by atoms with Crippen molar-refractivity contribution in [1.29, 1.82) is 0 Å². The van der Waals surface area contributed by atoms with E-state index in [1.54, 1.807) is 42.5 Å². The monoisotopic (exact) mass is 439 g/mol. The molecule has 0 radical (unpaired) electrons. The van der Waals surface area contributed by atoms with Gasteiger partial charge in [-0.1, -0.05) is 28.9 Å². The number of pyridine rings is 1. The molecule has 3 aromatic rings. The first-order chi connectivity index (χ1) is 15.0. The average Bonchev–Trinajstić information content (AvgIpc) is 2.81. The van der Waals surface area contributed by atoms with E-state index in [-0.39, 0.29) is 5.84 Å². The molecule has 31 heavy (non-hydrogen) atoms. The Bertz CT molecular complexity index is 1120. The van der Waals surface area contributed by atoms with Crippen LogP contribution in [-0.4, -0.2) is 35.5 Å². The molecule has 4 N–H and O–H groups in total. The van der Waals surface area contributed by atoms with E-state index in [2.05, 4.69) is 15.5 Å². The number of amidine groups is 1. The van der Waals surface area contributed by atoms with Crippen LogP contribution in [0.1, 0.15) is 15.9 Å². The third kappa shape index (κ3) is 4.90. The van der Waals surface area contributed by atoms with Crippen molar-refractivity contribution in [3.63, 3.8) is 0 Å². The lowest BCUT2D eigenvalue weighted by Crippen LogP contribution is -2.20. The third-order valence-electron chi connectivity index (χ3n) is 4.33. The molecule has 10 heteroatoms. The van der Waals surface area contributed by atoms with E-state index in [1.807, 2.05) is 0 Å². The van der Waals surface area contributed by atoms with Crippen LogP contribution in [0.25, 0.3) is 0 Å². The quantitative estimate of drug-likeness (QED) is 0.170. The minimum absolute atomic E-state index is 0.0681. The first-order valence-electron chi connectivity index (χ1n) is 8.90. The van der Waals surface area contributed by atoms with Crippen LogP contribution in [0.2, 0.25) is 5.02 Å². The number of hydrogen-bond donors (Lipinski definition) is 3. The number of rotatable bonds is 7. The van der Waals surface area contributed by atoms with Crippen molar-refractivity contribution in [1.82, 2.24) is 4.98 Å². The maximum atomic E-state index is 12.8. The van der Waals surface area contributed by atoms with Gasteiger partial charge in [0.05, 0.1) is 23.5 Å². The molecule has 2 aromatic carbocycles. The molecule has 0 fully saturated rings. The zero-order valence-corrected chi connectivity index (χ0v) is 17.1. The minimum Gasteiger partial charge on any atom is -0.497 e. The SMILES string of the molecule is COc1ccc(NC(=O)c2ccc(C(N)=NO)cc2)c(N(C=O)c2ccc(Cl)cn2)c1. The molecule has 1 heterocycles. The fourth-order valence-corrected chi connectivity index (χ4v) is 2.84. The van der Waals surface area contributed by atoms with Gasteiger partial charge in [-0.3, -0.25) is 14.5 Å². The van der Waals surface area contributed by atoms with E-state index >= 15 is 0 Å². The second kappa shape index (κ2) is 9.59. The van der Waals surface area contributed by atoms with Crippen molar-refractivity contribution in [3.8, 4) is 5.75 Å². The average molecular weight is 440 g/mol. The standard InChI is InChI=1S/C21H18ClN5O4/c1-31-16-7-8-17(18(10-16)27(12-28)19-9-6-15(22)11-24-19)25-21(29)14-4-2-13(3-5-14)20(23)26-30/h2-12,30H,1H3,(H2,23,26)(H,25,29). The Kier molecular flexibility index (Phi) is 6.68. The molecular formula is C21H18ClN5O4.